The van der Waals surface area contributed by atoms with Gasteiger partial charge in [0.15, 0.2) is 10.1 Å². The largest absolute Gasteiger partial charge is 0.395 e. The molecule has 15 rings (SSSR count). The Morgan fingerprint density at radius 3 is 1.16 bits per heavy atom. The Labute approximate surface area is 622 Å². The summed E-state index contributed by atoms with van der Waals surface area (Å²) in [5.74, 6) is 0.515. The first-order chi connectivity index (χ1) is 50.7. The molecule has 2 aromatic heterocycles. The summed E-state index contributed by atoms with van der Waals surface area (Å²) in [6.07, 6.45) is 11.6. The van der Waals surface area contributed by atoms with E-state index >= 15 is 0 Å². The third kappa shape index (κ3) is 16.1. The fourth-order valence-electron chi connectivity index (χ4n) is 17.2. The smallest absolute Gasteiger partial charge is 0.262 e. The molecule has 1 N–H and O–H groups in total. The zero-order chi connectivity index (χ0) is 73.7. The van der Waals surface area contributed by atoms with Crippen LogP contribution in [0, 0.1) is 27.7 Å². The Morgan fingerprint density at radius 2 is 0.781 bits per heavy atom. The van der Waals surface area contributed by atoms with Crippen molar-refractivity contribution in [3.8, 4) is 33.4 Å². The van der Waals surface area contributed by atoms with Crippen molar-refractivity contribution >= 4 is 30.1 Å². The van der Waals surface area contributed by atoms with Crippen LogP contribution in [0.3, 0.4) is 0 Å². The number of fused-ring (bicyclic) bond motifs is 3. The molecule has 0 aliphatic carbocycles. The van der Waals surface area contributed by atoms with Gasteiger partial charge < -0.3 is 23.7 Å². The summed E-state index contributed by atoms with van der Waals surface area (Å²) in [6.45, 7) is 15.4. The monoisotopic (exact) mass is 1480 g/mol. The molecular formula is C83H102N10O9S3. The van der Waals surface area contributed by atoms with Crippen molar-refractivity contribution in [2.24, 2.45) is 14.1 Å². The molecule has 6 aliphatic heterocycles. The number of nitrogens with zero attached hydrogens (tertiary/aromatic N) is 10. The van der Waals surface area contributed by atoms with Crippen LogP contribution in [0.15, 0.2) is 210 Å². The lowest BCUT2D eigenvalue weighted by Gasteiger charge is -2.57. The zero-order valence-corrected chi connectivity index (χ0v) is 64.3. The van der Waals surface area contributed by atoms with Gasteiger partial charge in [-0.15, -0.1) is 0 Å². The lowest BCUT2D eigenvalue weighted by atomic mass is 9.74. The van der Waals surface area contributed by atoms with Gasteiger partial charge in [0.25, 0.3) is 20.0 Å². The summed E-state index contributed by atoms with van der Waals surface area (Å²) in [4.78, 5) is 15.9. The van der Waals surface area contributed by atoms with E-state index < -0.39 is 30.1 Å². The van der Waals surface area contributed by atoms with E-state index in [-0.39, 0.29) is 70.7 Å². The van der Waals surface area contributed by atoms with E-state index in [0.29, 0.717) is 57.4 Å². The fraction of sp³-hybridized carbons (Fsp3) is 0.422. The Balaban J connectivity index is 0.000000140. The number of methoxy groups -OCH3 is 2. The zero-order valence-electron chi connectivity index (χ0n) is 61.8. The van der Waals surface area contributed by atoms with Gasteiger partial charge in [-0.2, -0.15) is 12.9 Å². The summed E-state index contributed by atoms with van der Waals surface area (Å²) < 4.78 is 100. The van der Waals surface area contributed by atoms with Crippen LogP contribution in [-0.2, 0) is 53.6 Å². The first-order valence-corrected chi connectivity index (χ1v) is 41.4. The van der Waals surface area contributed by atoms with Gasteiger partial charge in [-0.1, -0.05) is 163 Å². The molecule has 9 atom stereocenters. The lowest BCUT2D eigenvalue weighted by molar-refractivity contribution is -0.0635. The third-order valence-electron chi connectivity index (χ3n) is 22.6. The standard InChI is InChI=1S/C30H36N2O3S.C27H34N4O3S.C26H32N4O3S/c1-22-8-6-10-26(18-22)24-12-14-25(15-13-24)30-28-20-31(16-4-5-17-32(28)29(30)21-35-3)36(33,34)27-11-7-9-23(2)19-27;1-20-8-4-5-9-23(20)21-10-12-22(13-11-21)27-24-16-30(35(32,33)26-17-29(2)19-28-26)14-6-7-15-31(24)25(27)18-34-3;1-19-7-3-4-8-22(19)20-9-11-21(12-10-20)26-23-15-29(13-5-6-14-30(23)24(26)17-31)34(32,33)25-16-28(2)18-27-25/h6-15,18-19,28-30H,4-5,16-17,20-21H2,1-3H3;4-5,8-13,17,19,24-25,27H,6-7,14-16,18H2,1-3H3;3-4,7-12,16,18,23-24,26,31H,5-6,13-15,17H2,1-2H3/t28-,29+,30-;24-,25-,27-;23-,24-,26-/m011/s1. The molecule has 22 heteroatoms. The fourth-order valence-corrected chi connectivity index (χ4v) is 21.7. The van der Waals surface area contributed by atoms with Crippen molar-refractivity contribution in [3.63, 3.8) is 0 Å². The van der Waals surface area contributed by atoms with Crippen molar-refractivity contribution < 1.29 is 39.8 Å². The molecule has 0 unspecified atom stereocenters. The quantitative estimate of drug-likeness (QED) is 0.0904. The molecule has 0 amide bonds. The van der Waals surface area contributed by atoms with Crippen molar-refractivity contribution in [1.29, 1.82) is 0 Å². The van der Waals surface area contributed by atoms with Gasteiger partial charge in [0.1, 0.15) is 0 Å². The van der Waals surface area contributed by atoms with Gasteiger partial charge in [0.05, 0.1) is 37.4 Å². The highest BCUT2D eigenvalue weighted by molar-refractivity contribution is 7.89. The molecule has 0 saturated carbocycles. The number of benzene rings is 7. The van der Waals surface area contributed by atoms with Crippen LogP contribution in [0.25, 0.3) is 33.4 Å². The van der Waals surface area contributed by atoms with Crippen molar-refractivity contribution in [2.75, 3.05) is 92.9 Å². The van der Waals surface area contributed by atoms with Crippen molar-refractivity contribution in [1.82, 2.24) is 46.7 Å². The lowest BCUT2D eigenvalue weighted by Crippen LogP contribution is -2.68. The first-order valence-electron chi connectivity index (χ1n) is 37.1. The molecule has 105 heavy (non-hydrogen) atoms. The Bertz CT molecular complexity index is 4790. The molecule has 19 nitrogen and oxygen atoms in total. The molecular weight excluding hydrogens is 1380 g/mol. The number of aromatic nitrogens is 4. The number of rotatable bonds is 17. The van der Waals surface area contributed by atoms with Crippen LogP contribution in [0.5, 0.6) is 0 Å². The normalized spacial score (nSPS) is 23.8. The van der Waals surface area contributed by atoms with Crippen molar-refractivity contribution in [2.45, 2.75) is 135 Å². The maximum atomic E-state index is 13.6. The van der Waals surface area contributed by atoms with E-state index in [1.54, 1.807) is 81.2 Å². The summed E-state index contributed by atoms with van der Waals surface area (Å²) in [5.41, 5.74) is 15.5. The molecule has 7 aromatic carbocycles. The van der Waals surface area contributed by atoms with Crippen molar-refractivity contribution in [3.05, 3.63) is 234 Å². The molecule has 6 saturated heterocycles. The average Bonchev–Trinajstić information content (AvgIpc) is 1.04. The molecule has 6 aliphatic rings. The maximum Gasteiger partial charge on any atom is 0.262 e. The summed E-state index contributed by atoms with van der Waals surface area (Å²) in [7, 11) is -3.80. The molecule has 0 spiro atoms. The Morgan fingerprint density at radius 1 is 0.410 bits per heavy atom. The topological polar surface area (TPSA) is 196 Å². The molecule has 9 aromatic rings. The van der Waals surface area contributed by atoms with E-state index in [2.05, 4.69) is 179 Å². The number of hydrogen-bond donors (Lipinski definition) is 1. The second kappa shape index (κ2) is 32.9. The minimum Gasteiger partial charge on any atom is -0.395 e. The minimum absolute atomic E-state index is 0.00631. The highest BCUT2D eigenvalue weighted by atomic mass is 32.2. The van der Waals surface area contributed by atoms with E-state index in [0.717, 1.165) is 74.8 Å². The maximum absolute atomic E-state index is 13.6. The third-order valence-corrected chi connectivity index (χ3v) is 28.0. The van der Waals surface area contributed by atoms with E-state index in [9.17, 15) is 30.4 Å². The van der Waals surface area contributed by atoms with Gasteiger partial charge in [0.2, 0.25) is 10.0 Å². The number of hydrogen-bond acceptors (Lipinski definition) is 14. The number of sulfonamides is 3. The Kier molecular flexibility index (Phi) is 23.7. The molecule has 556 valence electrons. The van der Waals surface area contributed by atoms with E-state index in [1.807, 2.05) is 31.2 Å². The van der Waals surface area contributed by atoms with Crippen LogP contribution in [0.1, 0.15) is 95.2 Å². The number of aliphatic hydroxyl groups is 1. The Hall–Kier alpha value is -7.55. The molecule has 8 heterocycles. The average molecular weight is 1480 g/mol. The van der Waals surface area contributed by atoms with Gasteiger partial charge in [-0.25, -0.2) is 35.2 Å². The predicted octanol–water partition coefficient (Wildman–Crippen LogP) is 11.9. The van der Waals surface area contributed by atoms with Crippen LogP contribution < -0.4 is 0 Å². The van der Waals surface area contributed by atoms with E-state index in [1.165, 1.54) is 62.0 Å². The van der Waals surface area contributed by atoms with E-state index in [4.69, 9.17) is 9.47 Å². The minimum atomic E-state index is -3.67. The SMILES string of the molecule is COC[C@@H]1[C@@H](c2ccc(-c3cccc(C)c3)cc2)[C@@H]2CN(S(=O)(=O)c3cccc(C)c3)CCCCN12.COC[C@@H]1[C@H](c2ccc(-c3ccccc3C)cc2)[C@H]2CN(S(=O)(=O)c3cn(C)cn3)CCCCN12.Cc1ccccc1-c1ccc([C@H]2[C@@H](CO)N3CCCCN(S(=O)(=O)c4cn(C)cn4)C[C@H]23)cc1. The van der Waals surface area contributed by atoms with Gasteiger partial charge in [-0.05, 0) is 165 Å². The van der Waals surface area contributed by atoms with Crippen LogP contribution in [0.4, 0.5) is 0 Å². The van der Waals surface area contributed by atoms with Crippen LogP contribution in [0.2, 0.25) is 0 Å². The number of imidazole rings is 2. The molecule has 6 fully saturated rings. The number of ether oxygens (including phenoxy) is 2. The summed E-state index contributed by atoms with van der Waals surface area (Å²) in [5, 5.41) is 10.4. The molecule has 0 radical (unpaired) electrons. The second-order valence-corrected chi connectivity index (χ2v) is 35.1. The second-order valence-electron chi connectivity index (χ2n) is 29.4. The van der Waals surface area contributed by atoms with Gasteiger partial charge in [-0.3, -0.25) is 14.7 Å². The van der Waals surface area contributed by atoms with Crippen LogP contribution >= 0.6 is 0 Å². The summed E-state index contributed by atoms with van der Waals surface area (Å²) in [6, 6.07) is 59.5. The number of aryl methyl sites for hydroxylation is 6. The summed E-state index contributed by atoms with van der Waals surface area (Å²) >= 11 is 0. The van der Waals surface area contributed by atoms with Gasteiger partial charge in [0, 0.05) is 134 Å². The van der Waals surface area contributed by atoms with Crippen LogP contribution in [-0.4, -0.2) is 206 Å². The van der Waals surface area contributed by atoms with Gasteiger partial charge >= 0.3 is 0 Å². The predicted molar refractivity (Wildman–Crippen MR) is 413 cm³/mol. The first kappa shape index (κ1) is 75.7. The molecule has 0 bridgehead atoms. The number of aliphatic hydroxyl groups excluding tert-OH is 1. The highest BCUT2D eigenvalue weighted by Gasteiger charge is 2.53. The highest BCUT2D eigenvalue weighted by Crippen LogP contribution is 2.47.